The van der Waals surface area contributed by atoms with Crippen molar-refractivity contribution < 1.29 is 0 Å². The van der Waals surface area contributed by atoms with Crippen molar-refractivity contribution in [2.75, 3.05) is 5.32 Å². The van der Waals surface area contributed by atoms with Crippen molar-refractivity contribution in [1.82, 2.24) is 0 Å². The molecule has 4 aromatic rings. The molecule has 1 heteroatoms. The van der Waals surface area contributed by atoms with Crippen molar-refractivity contribution >= 4 is 27.2 Å². The molecule has 1 nitrogen and oxygen atoms in total. The Balaban J connectivity index is 1.83. The van der Waals surface area contributed by atoms with Gasteiger partial charge in [0.05, 0.1) is 5.54 Å². The first-order valence-electron chi connectivity index (χ1n) is 8.39. The summed E-state index contributed by atoms with van der Waals surface area (Å²) in [6.45, 7) is 4.45. The minimum Gasteiger partial charge on any atom is -0.376 e. The fourth-order valence-electron chi connectivity index (χ4n) is 3.34. The number of nitrogens with one attached hydrogen (secondary N) is 1. The van der Waals surface area contributed by atoms with Gasteiger partial charge in [0.25, 0.3) is 0 Å². The Kier molecular flexibility index (Phi) is 3.50. The number of hydrogen-bond acceptors (Lipinski definition) is 1. The van der Waals surface area contributed by atoms with Crippen molar-refractivity contribution in [2.24, 2.45) is 0 Å². The smallest absolute Gasteiger partial charge is 0.0569 e. The molecular weight excluding hydrogens is 290 g/mol. The van der Waals surface area contributed by atoms with Gasteiger partial charge in [-0.2, -0.15) is 0 Å². The van der Waals surface area contributed by atoms with Gasteiger partial charge in [-0.25, -0.2) is 0 Å². The maximum atomic E-state index is 3.74. The van der Waals surface area contributed by atoms with E-state index in [2.05, 4.69) is 104 Å². The van der Waals surface area contributed by atoms with Crippen LogP contribution < -0.4 is 5.32 Å². The standard InChI is InChI=1S/C23H21N/c1-23(2,20-12-4-3-5-13-20)24-22-14-8-11-19-15-17-9-6-7-10-18(17)16-21(19)22/h3-16,24H,1-2H3. The third kappa shape index (κ3) is 2.63. The van der Waals surface area contributed by atoms with Gasteiger partial charge in [-0.15, -0.1) is 0 Å². The first-order chi connectivity index (χ1) is 11.6. The fraction of sp³-hybridized carbons (Fsp3) is 0.130. The van der Waals surface area contributed by atoms with Gasteiger partial charge in [0.1, 0.15) is 0 Å². The lowest BCUT2D eigenvalue weighted by Gasteiger charge is -2.29. The molecule has 118 valence electrons. The summed E-state index contributed by atoms with van der Waals surface area (Å²) < 4.78 is 0. The molecule has 0 heterocycles. The van der Waals surface area contributed by atoms with Crippen LogP contribution in [0.1, 0.15) is 19.4 Å². The molecule has 24 heavy (non-hydrogen) atoms. The third-order valence-electron chi connectivity index (χ3n) is 4.69. The summed E-state index contributed by atoms with van der Waals surface area (Å²) in [5.41, 5.74) is 2.32. The van der Waals surface area contributed by atoms with Crippen molar-refractivity contribution in [2.45, 2.75) is 19.4 Å². The van der Waals surface area contributed by atoms with Crippen molar-refractivity contribution in [1.29, 1.82) is 0 Å². The van der Waals surface area contributed by atoms with Crippen LogP contribution in [0.4, 0.5) is 5.69 Å². The third-order valence-corrected chi connectivity index (χ3v) is 4.69. The lowest BCUT2D eigenvalue weighted by Crippen LogP contribution is -2.27. The quantitative estimate of drug-likeness (QED) is 0.435. The SMILES string of the molecule is CC(C)(Nc1cccc2cc3ccccc3cc12)c1ccccc1. The monoisotopic (exact) mass is 311 g/mol. The van der Waals surface area contributed by atoms with Crippen LogP contribution in [-0.4, -0.2) is 0 Å². The van der Waals surface area contributed by atoms with Crippen LogP contribution >= 0.6 is 0 Å². The van der Waals surface area contributed by atoms with Crippen LogP contribution in [0.2, 0.25) is 0 Å². The molecule has 0 amide bonds. The van der Waals surface area contributed by atoms with Gasteiger partial charge < -0.3 is 5.32 Å². The summed E-state index contributed by atoms with van der Waals surface area (Å²) in [5.74, 6) is 0. The van der Waals surface area contributed by atoms with E-state index >= 15 is 0 Å². The Hall–Kier alpha value is -2.80. The van der Waals surface area contributed by atoms with Gasteiger partial charge in [0.15, 0.2) is 0 Å². The highest BCUT2D eigenvalue weighted by atomic mass is 15.0. The van der Waals surface area contributed by atoms with Gasteiger partial charge in [-0.05, 0) is 53.8 Å². The average Bonchev–Trinajstić information content (AvgIpc) is 2.61. The van der Waals surface area contributed by atoms with Gasteiger partial charge in [-0.3, -0.25) is 0 Å². The van der Waals surface area contributed by atoms with E-state index in [1.54, 1.807) is 0 Å². The van der Waals surface area contributed by atoms with Crippen LogP contribution in [0.15, 0.2) is 84.9 Å². The van der Waals surface area contributed by atoms with E-state index in [9.17, 15) is 0 Å². The fourth-order valence-corrected chi connectivity index (χ4v) is 3.34. The summed E-state index contributed by atoms with van der Waals surface area (Å²) in [6, 6.07) is 30.2. The van der Waals surface area contributed by atoms with Crippen LogP contribution in [0.25, 0.3) is 21.5 Å². The van der Waals surface area contributed by atoms with Crippen molar-refractivity contribution in [3.8, 4) is 0 Å². The lowest BCUT2D eigenvalue weighted by molar-refractivity contribution is 0.610. The van der Waals surface area contributed by atoms with Crippen molar-refractivity contribution in [3.05, 3.63) is 90.5 Å². The first-order valence-corrected chi connectivity index (χ1v) is 8.39. The normalized spacial score (nSPS) is 11.8. The Morgan fingerprint density at radius 2 is 1.25 bits per heavy atom. The van der Waals surface area contributed by atoms with Gasteiger partial charge in [0.2, 0.25) is 0 Å². The maximum Gasteiger partial charge on any atom is 0.0569 e. The number of benzene rings is 4. The van der Waals surface area contributed by atoms with Gasteiger partial charge in [-0.1, -0.05) is 66.7 Å². The summed E-state index contributed by atoms with van der Waals surface area (Å²) >= 11 is 0. The molecule has 0 spiro atoms. The molecule has 0 saturated carbocycles. The lowest BCUT2D eigenvalue weighted by atomic mass is 9.93. The van der Waals surface area contributed by atoms with E-state index in [-0.39, 0.29) is 5.54 Å². The molecule has 4 aromatic carbocycles. The predicted octanol–water partition coefficient (Wildman–Crippen LogP) is 6.34. The summed E-state index contributed by atoms with van der Waals surface area (Å²) in [4.78, 5) is 0. The van der Waals surface area contributed by atoms with E-state index in [4.69, 9.17) is 0 Å². The highest BCUT2D eigenvalue weighted by Crippen LogP contribution is 2.32. The Morgan fingerprint density at radius 1 is 0.625 bits per heavy atom. The molecule has 0 atom stereocenters. The van der Waals surface area contributed by atoms with E-state index in [0.29, 0.717) is 0 Å². The van der Waals surface area contributed by atoms with Gasteiger partial charge >= 0.3 is 0 Å². The minimum atomic E-state index is -0.138. The van der Waals surface area contributed by atoms with Crippen LogP contribution in [0.5, 0.6) is 0 Å². The number of anilines is 1. The number of fused-ring (bicyclic) bond motifs is 2. The van der Waals surface area contributed by atoms with Crippen LogP contribution in [0.3, 0.4) is 0 Å². The van der Waals surface area contributed by atoms with Crippen LogP contribution in [-0.2, 0) is 5.54 Å². The zero-order valence-electron chi connectivity index (χ0n) is 14.1. The molecule has 1 N–H and O–H groups in total. The molecule has 0 radical (unpaired) electrons. The Morgan fingerprint density at radius 3 is 2.00 bits per heavy atom. The second-order valence-corrected chi connectivity index (χ2v) is 6.84. The minimum absolute atomic E-state index is 0.138. The highest BCUT2D eigenvalue weighted by molar-refractivity contribution is 6.03. The maximum absolute atomic E-state index is 3.74. The van der Waals surface area contributed by atoms with Gasteiger partial charge in [0, 0.05) is 11.1 Å². The van der Waals surface area contributed by atoms with E-state index in [0.717, 1.165) is 0 Å². The number of hydrogen-bond donors (Lipinski definition) is 1. The molecular formula is C23H21N. The molecule has 0 unspecified atom stereocenters. The molecule has 0 aromatic heterocycles. The van der Waals surface area contributed by atoms with Crippen LogP contribution in [0, 0.1) is 0 Å². The largest absolute Gasteiger partial charge is 0.376 e. The second-order valence-electron chi connectivity index (χ2n) is 6.84. The molecule has 4 rings (SSSR count). The second kappa shape index (κ2) is 5.68. The average molecular weight is 311 g/mol. The molecule has 0 bridgehead atoms. The van der Waals surface area contributed by atoms with E-state index in [1.165, 1.54) is 32.8 Å². The summed E-state index contributed by atoms with van der Waals surface area (Å²) in [6.07, 6.45) is 0. The molecule has 0 aliphatic rings. The molecule has 0 aliphatic heterocycles. The highest BCUT2D eigenvalue weighted by Gasteiger charge is 2.20. The number of rotatable bonds is 3. The molecule has 0 fully saturated rings. The Labute approximate surface area is 142 Å². The van der Waals surface area contributed by atoms with E-state index < -0.39 is 0 Å². The zero-order chi connectivity index (χ0) is 16.6. The molecule has 0 aliphatic carbocycles. The predicted molar refractivity (Wildman–Crippen MR) is 105 cm³/mol. The van der Waals surface area contributed by atoms with Crippen molar-refractivity contribution in [3.63, 3.8) is 0 Å². The molecule has 0 saturated heterocycles. The summed E-state index contributed by atoms with van der Waals surface area (Å²) in [7, 11) is 0. The van der Waals surface area contributed by atoms with E-state index in [1.807, 2.05) is 0 Å². The first kappa shape index (κ1) is 14.8. The zero-order valence-corrected chi connectivity index (χ0v) is 14.1. The topological polar surface area (TPSA) is 12.0 Å². The summed E-state index contributed by atoms with van der Waals surface area (Å²) in [5, 5.41) is 8.83. The Bertz CT molecular complexity index is 1000.